The minimum Gasteiger partial charge on any atom is -0.394 e. The van der Waals surface area contributed by atoms with Gasteiger partial charge < -0.3 is 20.1 Å². The molecule has 15 heteroatoms. The summed E-state index contributed by atoms with van der Waals surface area (Å²) in [6.45, 7) is -0.929. The van der Waals surface area contributed by atoms with Crippen LogP contribution in [-0.4, -0.2) is 74.1 Å². The summed E-state index contributed by atoms with van der Waals surface area (Å²) in [6.07, 6.45) is -6.10. The normalized spacial score (nSPS) is 26.7. The second-order valence-electron chi connectivity index (χ2n) is 7.18. The number of rotatable bonds is 5. The van der Waals surface area contributed by atoms with Crippen LogP contribution in [0.2, 0.25) is 0 Å². The molecule has 0 unspecified atom stereocenters. The number of sulfone groups is 1. The van der Waals surface area contributed by atoms with Crippen LogP contribution in [-0.2, 0) is 14.6 Å². The Morgan fingerprint density at radius 2 is 1.85 bits per heavy atom. The molecule has 2 aromatic heterocycles. The van der Waals surface area contributed by atoms with Crippen molar-refractivity contribution in [1.82, 2.24) is 20.0 Å². The molecule has 0 amide bonds. The van der Waals surface area contributed by atoms with Gasteiger partial charge in [-0.1, -0.05) is 5.21 Å². The first-order chi connectivity index (χ1) is 17.3. The maximum absolute atomic E-state index is 13.7. The first-order valence-electron chi connectivity index (χ1n) is 10.9. The molecule has 5 atom stereocenters. The molecular weight excluding hydrogens is 549 g/mol. The number of hydrogen-bond acceptors (Lipinski definition) is 9. The van der Waals surface area contributed by atoms with Gasteiger partial charge in [0.2, 0.25) is 9.84 Å². The maximum Gasteiger partial charge on any atom is 0.209 e. The van der Waals surface area contributed by atoms with Crippen molar-refractivity contribution >= 4 is 25.8 Å². The average molecular weight is 568 g/mol. The van der Waals surface area contributed by atoms with E-state index in [0.717, 1.165) is 10.9 Å². The van der Waals surface area contributed by atoms with Gasteiger partial charge in [-0.15, -0.1) is 5.10 Å². The zero-order valence-corrected chi connectivity index (χ0v) is 19.0. The third-order valence-electron chi connectivity index (χ3n) is 5.07. The molecule has 3 heterocycles. The van der Waals surface area contributed by atoms with Crippen molar-refractivity contribution in [2.75, 3.05) is 6.61 Å². The van der Waals surface area contributed by atoms with Crippen LogP contribution in [0.15, 0.2) is 46.1 Å². The molecule has 1 aliphatic rings. The Morgan fingerprint density at radius 3 is 2.50 bits per heavy atom. The quantitative estimate of drug-likeness (QED) is 0.383. The molecular formula is C19H16BrF3N4O6S. The number of ether oxygens (including phenoxy) is 1. The van der Waals surface area contributed by atoms with Crippen molar-refractivity contribution in [1.29, 1.82) is 0 Å². The summed E-state index contributed by atoms with van der Waals surface area (Å²) in [5, 5.41) is 38.7. The van der Waals surface area contributed by atoms with Gasteiger partial charge in [-0.25, -0.2) is 26.3 Å². The summed E-state index contributed by atoms with van der Waals surface area (Å²) in [4.78, 5) is 2.46. The number of pyridine rings is 1. The highest BCUT2D eigenvalue weighted by Crippen LogP contribution is 2.35. The second kappa shape index (κ2) is 9.31. The Balaban J connectivity index is 1.78. The van der Waals surface area contributed by atoms with Crippen molar-refractivity contribution in [3.8, 4) is 11.3 Å². The Bertz CT molecular complexity index is 1460. The van der Waals surface area contributed by atoms with Gasteiger partial charge in [0.15, 0.2) is 22.9 Å². The number of aliphatic hydroxyl groups excluding tert-OH is 3. The molecule has 1 aliphatic heterocycles. The number of nitrogens with zero attached hydrogens (tertiary/aromatic N) is 4. The predicted molar refractivity (Wildman–Crippen MR) is 111 cm³/mol. The zero-order valence-electron chi connectivity index (χ0n) is 19.6. The lowest BCUT2D eigenvalue weighted by Crippen LogP contribution is -2.58. The van der Waals surface area contributed by atoms with E-state index in [1.807, 2.05) is 0 Å². The molecule has 0 bridgehead atoms. The highest BCUT2D eigenvalue weighted by molar-refractivity contribution is 9.10. The fourth-order valence-electron chi connectivity index (χ4n) is 3.43. The number of benzene rings is 1. The van der Waals surface area contributed by atoms with Crippen LogP contribution in [0.5, 0.6) is 0 Å². The first kappa shape index (κ1) is 20.9. The van der Waals surface area contributed by atoms with Crippen molar-refractivity contribution in [3.63, 3.8) is 0 Å². The van der Waals surface area contributed by atoms with Crippen LogP contribution >= 0.6 is 15.9 Å². The summed E-state index contributed by atoms with van der Waals surface area (Å²) >= 11 is 2.85. The van der Waals surface area contributed by atoms with Gasteiger partial charge in [0, 0.05) is 22.4 Å². The predicted octanol–water partition coefficient (Wildman–Crippen LogP) is 0.974. The molecule has 182 valence electrons. The van der Waals surface area contributed by atoms with Gasteiger partial charge in [-0.3, -0.25) is 4.98 Å². The molecule has 0 aliphatic carbocycles. The number of aromatic nitrogens is 4. The SMILES string of the molecule is [2H]c1nc([2H])c(S(=O)(=O)[C@H]2O[C@H](CO)[C@H](O)[C@H](n3cc(-c4cc(F)c(F)c(F)c4)nn3)[C@H]2O)c([2H])c1Br. The fraction of sp³-hybridized carbons (Fsp3) is 0.316. The summed E-state index contributed by atoms with van der Waals surface area (Å²) in [6, 6.07) is -1.22. The summed E-state index contributed by atoms with van der Waals surface area (Å²) < 4.78 is 96.7. The van der Waals surface area contributed by atoms with Gasteiger partial charge in [-0.2, -0.15) is 0 Å². The Morgan fingerprint density at radius 1 is 1.18 bits per heavy atom. The number of halogens is 4. The van der Waals surface area contributed by atoms with Gasteiger partial charge in [0.1, 0.15) is 30.0 Å². The third-order valence-corrected chi connectivity index (χ3v) is 7.21. The van der Waals surface area contributed by atoms with E-state index in [2.05, 4.69) is 31.2 Å². The minimum atomic E-state index is -4.93. The standard InChI is InChI=1S/C19H16BrF3N4O6S/c20-9-3-10(5-24-4-9)34(31,32)19-18(30)16(17(29)14(7-28)33-19)27-6-13(25-26-27)8-1-11(21)15(23)12(22)2-8/h1-6,14,16-19,28-30H,7H2/t14-,16+,17+,18-,19-/m1/s1/i3D,4D,5D. The van der Waals surface area contributed by atoms with Crippen LogP contribution in [0.25, 0.3) is 11.3 Å². The Labute approximate surface area is 202 Å². The molecule has 1 fully saturated rings. The third kappa shape index (κ3) is 4.34. The fourth-order valence-corrected chi connectivity index (χ4v) is 5.31. The molecule has 10 nitrogen and oxygen atoms in total. The molecule has 1 saturated heterocycles. The van der Waals surface area contributed by atoms with Crippen molar-refractivity contribution in [2.45, 2.75) is 34.7 Å². The lowest BCUT2D eigenvalue weighted by atomic mass is 9.97. The highest BCUT2D eigenvalue weighted by Gasteiger charge is 2.51. The first-order valence-corrected chi connectivity index (χ1v) is 11.7. The molecule has 0 saturated carbocycles. The molecule has 0 radical (unpaired) electrons. The smallest absolute Gasteiger partial charge is 0.209 e. The lowest BCUT2D eigenvalue weighted by Gasteiger charge is -2.41. The largest absolute Gasteiger partial charge is 0.394 e. The van der Waals surface area contributed by atoms with E-state index in [9.17, 15) is 36.9 Å². The van der Waals surface area contributed by atoms with E-state index < -0.39 is 87.0 Å². The molecule has 4 rings (SSSR count). The van der Waals surface area contributed by atoms with Crippen LogP contribution in [0.1, 0.15) is 10.2 Å². The van der Waals surface area contributed by atoms with Crippen LogP contribution < -0.4 is 0 Å². The highest BCUT2D eigenvalue weighted by atomic mass is 79.9. The molecule has 1 aromatic carbocycles. The molecule has 34 heavy (non-hydrogen) atoms. The molecule has 3 N–H and O–H groups in total. The van der Waals surface area contributed by atoms with Gasteiger partial charge in [-0.05, 0) is 34.1 Å². The summed E-state index contributed by atoms with van der Waals surface area (Å²) in [5.74, 6) is -4.75. The molecule has 0 spiro atoms. The van der Waals surface area contributed by atoms with Gasteiger partial charge in [0.05, 0.1) is 21.8 Å². The van der Waals surface area contributed by atoms with E-state index >= 15 is 0 Å². The Kier molecular flexibility index (Phi) is 5.73. The summed E-state index contributed by atoms with van der Waals surface area (Å²) in [5.41, 5.74) is -2.75. The topological polar surface area (TPSA) is 148 Å². The lowest BCUT2D eigenvalue weighted by molar-refractivity contribution is -0.180. The van der Waals surface area contributed by atoms with Gasteiger partial charge >= 0.3 is 0 Å². The minimum absolute atomic E-state index is 0.232. The van der Waals surface area contributed by atoms with Crippen LogP contribution in [0.3, 0.4) is 0 Å². The zero-order chi connectivity index (χ0) is 27.4. The van der Waals surface area contributed by atoms with Crippen molar-refractivity contribution in [2.24, 2.45) is 0 Å². The van der Waals surface area contributed by atoms with E-state index in [4.69, 9.17) is 8.85 Å². The second-order valence-corrected chi connectivity index (χ2v) is 9.94. The monoisotopic (exact) mass is 567 g/mol. The maximum atomic E-state index is 13.7. The van der Waals surface area contributed by atoms with E-state index in [0.29, 0.717) is 12.1 Å². The number of aliphatic hydroxyl groups is 3. The molecule has 3 aromatic rings. The van der Waals surface area contributed by atoms with Crippen LogP contribution in [0, 0.1) is 17.5 Å². The van der Waals surface area contributed by atoms with E-state index in [1.165, 1.54) is 0 Å². The van der Waals surface area contributed by atoms with Crippen LogP contribution in [0.4, 0.5) is 13.2 Å². The summed E-state index contributed by atoms with van der Waals surface area (Å²) in [7, 11) is -4.93. The van der Waals surface area contributed by atoms with Crippen molar-refractivity contribution in [3.05, 3.63) is 58.6 Å². The Hall–Kier alpha value is -2.43. The number of hydrogen-bond donors (Lipinski definition) is 3. The average Bonchev–Trinajstić information content (AvgIpc) is 3.30. The van der Waals surface area contributed by atoms with E-state index in [-0.39, 0.29) is 15.7 Å². The van der Waals surface area contributed by atoms with Gasteiger partial charge in [0.25, 0.3) is 0 Å². The van der Waals surface area contributed by atoms with Crippen molar-refractivity contribution < 1.29 is 45.8 Å². The van der Waals surface area contributed by atoms with E-state index in [1.54, 1.807) is 0 Å².